The van der Waals surface area contributed by atoms with Gasteiger partial charge in [-0.15, -0.1) is 0 Å². The zero-order valence-electron chi connectivity index (χ0n) is 12.1. The van der Waals surface area contributed by atoms with Gasteiger partial charge in [-0.1, -0.05) is 12.8 Å². The first kappa shape index (κ1) is 13.6. The Kier molecular flexibility index (Phi) is 3.77. The SMILES string of the molecule is Cc1cc(F)ccc1C(=O)N1CCC[C@H]2CCCC[C@H]21. The van der Waals surface area contributed by atoms with Gasteiger partial charge in [-0.05, 0) is 62.3 Å². The number of benzene rings is 1. The van der Waals surface area contributed by atoms with Crippen LogP contribution >= 0.6 is 0 Å². The fourth-order valence-corrected chi connectivity index (χ4v) is 3.90. The molecule has 1 heterocycles. The summed E-state index contributed by atoms with van der Waals surface area (Å²) in [4.78, 5) is 14.9. The van der Waals surface area contributed by atoms with E-state index in [-0.39, 0.29) is 11.7 Å². The first-order chi connectivity index (χ1) is 9.66. The number of piperidine rings is 1. The molecule has 0 radical (unpaired) electrons. The molecule has 1 aliphatic carbocycles. The van der Waals surface area contributed by atoms with Gasteiger partial charge in [-0.25, -0.2) is 4.39 Å². The second kappa shape index (κ2) is 5.55. The van der Waals surface area contributed by atoms with Crippen LogP contribution in [0.5, 0.6) is 0 Å². The summed E-state index contributed by atoms with van der Waals surface area (Å²) in [6.45, 7) is 2.68. The number of nitrogens with zero attached hydrogens (tertiary/aromatic N) is 1. The highest BCUT2D eigenvalue weighted by molar-refractivity contribution is 5.95. The van der Waals surface area contributed by atoms with Crippen molar-refractivity contribution in [3.05, 3.63) is 35.1 Å². The molecule has 0 aromatic heterocycles. The summed E-state index contributed by atoms with van der Waals surface area (Å²) in [5.74, 6) is 0.509. The average molecular weight is 275 g/mol. The van der Waals surface area contributed by atoms with E-state index in [9.17, 15) is 9.18 Å². The summed E-state index contributed by atoms with van der Waals surface area (Å²) < 4.78 is 13.2. The zero-order chi connectivity index (χ0) is 14.1. The van der Waals surface area contributed by atoms with Crippen LogP contribution in [0.2, 0.25) is 0 Å². The van der Waals surface area contributed by atoms with Crippen molar-refractivity contribution in [3.8, 4) is 0 Å². The summed E-state index contributed by atoms with van der Waals surface area (Å²) in [7, 11) is 0. The molecule has 1 saturated heterocycles. The van der Waals surface area contributed by atoms with Gasteiger partial charge in [-0.2, -0.15) is 0 Å². The summed E-state index contributed by atoms with van der Waals surface area (Å²) in [6.07, 6.45) is 7.30. The normalized spacial score (nSPS) is 26.2. The van der Waals surface area contributed by atoms with Gasteiger partial charge < -0.3 is 4.90 Å². The average Bonchev–Trinajstić information content (AvgIpc) is 2.46. The maximum Gasteiger partial charge on any atom is 0.254 e. The number of rotatable bonds is 1. The third-order valence-electron chi connectivity index (χ3n) is 4.92. The van der Waals surface area contributed by atoms with Crippen molar-refractivity contribution in [1.29, 1.82) is 0 Å². The number of halogens is 1. The van der Waals surface area contributed by atoms with Crippen molar-refractivity contribution in [3.63, 3.8) is 0 Å². The molecular formula is C17H22FNO. The van der Waals surface area contributed by atoms with E-state index >= 15 is 0 Å². The van der Waals surface area contributed by atoms with Crippen molar-refractivity contribution in [2.24, 2.45) is 5.92 Å². The molecule has 1 aromatic carbocycles. The molecule has 0 unspecified atom stereocenters. The van der Waals surface area contributed by atoms with Crippen molar-refractivity contribution in [2.75, 3.05) is 6.54 Å². The molecule has 0 bridgehead atoms. The Hall–Kier alpha value is -1.38. The van der Waals surface area contributed by atoms with Gasteiger partial charge in [0.15, 0.2) is 0 Å². The maximum atomic E-state index is 13.2. The Morgan fingerprint density at radius 2 is 1.95 bits per heavy atom. The number of amides is 1. The molecular weight excluding hydrogens is 253 g/mol. The number of likely N-dealkylation sites (tertiary alicyclic amines) is 1. The number of hydrogen-bond acceptors (Lipinski definition) is 1. The predicted molar refractivity (Wildman–Crippen MR) is 77.2 cm³/mol. The van der Waals surface area contributed by atoms with Crippen molar-refractivity contribution < 1.29 is 9.18 Å². The molecule has 2 fully saturated rings. The van der Waals surface area contributed by atoms with Crippen LogP contribution in [-0.2, 0) is 0 Å². The standard InChI is InChI=1S/C17H22FNO/c1-12-11-14(18)8-9-15(12)17(20)19-10-4-6-13-5-2-3-7-16(13)19/h8-9,11,13,16H,2-7,10H2,1H3/t13-,16-/m1/s1. The summed E-state index contributed by atoms with van der Waals surface area (Å²) in [5.41, 5.74) is 1.41. The first-order valence-electron chi connectivity index (χ1n) is 7.74. The lowest BCUT2D eigenvalue weighted by molar-refractivity contribution is 0.0390. The van der Waals surface area contributed by atoms with Crippen LogP contribution < -0.4 is 0 Å². The molecule has 2 atom stereocenters. The van der Waals surface area contributed by atoms with Crippen molar-refractivity contribution in [1.82, 2.24) is 4.90 Å². The van der Waals surface area contributed by atoms with Crippen LogP contribution in [0.1, 0.15) is 54.4 Å². The number of carbonyl (C=O) groups excluding carboxylic acids is 1. The van der Waals surface area contributed by atoms with E-state index in [1.165, 1.54) is 37.8 Å². The van der Waals surface area contributed by atoms with Gasteiger partial charge in [0, 0.05) is 18.2 Å². The van der Waals surface area contributed by atoms with Crippen LogP contribution in [-0.4, -0.2) is 23.4 Å². The minimum absolute atomic E-state index is 0.0964. The Morgan fingerprint density at radius 1 is 1.20 bits per heavy atom. The Morgan fingerprint density at radius 3 is 2.75 bits per heavy atom. The van der Waals surface area contributed by atoms with Gasteiger partial charge in [0.25, 0.3) is 5.91 Å². The lowest BCUT2D eigenvalue weighted by Crippen LogP contribution is -2.49. The molecule has 1 saturated carbocycles. The minimum atomic E-state index is -0.270. The zero-order valence-corrected chi connectivity index (χ0v) is 12.1. The molecule has 2 nitrogen and oxygen atoms in total. The molecule has 3 heteroatoms. The number of carbonyl (C=O) groups is 1. The highest BCUT2D eigenvalue weighted by Crippen LogP contribution is 2.36. The van der Waals surface area contributed by atoms with Gasteiger partial charge in [-0.3, -0.25) is 4.79 Å². The van der Waals surface area contributed by atoms with Crippen molar-refractivity contribution >= 4 is 5.91 Å². The van der Waals surface area contributed by atoms with Crippen LogP contribution in [0.15, 0.2) is 18.2 Å². The molecule has 1 aromatic rings. The second-order valence-corrected chi connectivity index (χ2v) is 6.21. The Balaban J connectivity index is 1.85. The summed E-state index contributed by atoms with van der Waals surface area (Å²) in [5, 5.41) is 0. The van der Waals surface area contributed by atoms with E-state index in [0.29, 0.717) is 17.5 Å². The fraction of sp³-hybridized carbons (Fsp3) is 0.588. The summed E-state index contributed by atoms with van der Waals surface area (Å²) in [6, 6.07) is 4.90. The van der Waals surface area contributed by atoms with Gasteiger partial charge >= 0.3 is 0 Å². The minimum Gasteiger partial charge on any atom is -0.335 e. The number of hydrogen-bond donors (Lipinski definition) is 0. The van der Waals surface area contributed by atoms with E-state index in [1.807, 2.05) is 6.92 Å². The molecule has 3 rings (SSSR count). The molecule has 1 aliphatic heterocycles. The van der Waals surface area contributed by atoms with Gasteiger partial charge in [0.2, 0.25) is 0 Å². The molecule has 2 aliphatic rings. The van der Waals surface area contributed by atoms with Crippen LogP contribution in [0.4, 0.5) is 4.39 Å². The second-order valence-electron chi connectivity index (χ2n) is 6.21. The molecule has 20 heavy (non-hydrogen) atoms. The predicted octanol–water partition coefficient (Wildman–Crippen LogP) is 3.93. The smallest absolute Gasteiger partial charge is 0.254 e. The quantitative estimate of drug-likeness (QED) is 0.760. The van der Waals surface area contributed by atoms with Crippen molar-refractivity contribution in [2.45, 2.75) is 51.5 Å². The Labute approximate surface area is 120 Å². The topological polar surface area (TPSA) is 20.3 Å². The van der Waals surface area contributed by atoms with E-state index in [1.54, 1.807) is 6.07 Å². The van der Waals surface area contributed by atoms with Gasteiger partial charge in [0.1, 0.15) is 5.82 Å². The van der Waals surface area contributed by atoms with E-state index in [0.717, 1.165) is 24.9 Å². The Bertz CT molecular complexity index is 512. The lowest BCUT2D eigenvalue weighted by atomic mass is 9.78. The van der Waals surface area contributed by atoms with Crippen LogP contribution in [0.3, 0.4) is 0 Å². The highest BCUT2D eigenvalue weighted by atomic mass is 19.1. The number of fused-ring (bicyclic) bond motifs is 1. The van der Waals surface area contributed by atoms with Crippen LogP contribution in [0, 0.1) is 18.7 Å². The molecule has 1 amide bonds. The maximum absolute atomic E-state index is 13.2. The molecule has 0 N–H and O–H groups in total. The third-order valence-corrected chi connectivity index (χ3v) is 4.92. The molecule has 0 spiro atoms. The highest BCUT2D eigenvalue weighted by Gasteiger charge is 2.36. The van der Waals surface area contributed by atoms with E-state index in [4.69, 9.17) is 0 Å². The monoisotopic (exact) mass is 275 g/mol. The lowest BCUT2D eigenvalue weighted by Gasteiger charge is -2.44. The first-order valence-corrected chi connectivity index (χ1v) is 7.74. The fourth-order valence-electron chi connectivity index (χ4n) is 3.90. The van der Waals surface area contributed by atoms with Crippen LogP contribution in [0.25, 0.3) is 0 Å². The largest absolute Gasteiger partial charge is 0.335 e. The third kappa shape index (κ3) is 2.46. The number of aryl methyl sites for hydroxylation is 1. The van der Waals surface area contributed by atoms with E-state index in [2.05, 4.69) is 4.90 Å². The van der Waals surface area contributed by atoms with Gasteiger partial charge in [0.05, 0.1) is 0 Å². The molecule has 108 valence electrons. The van der Waals surface area contributed by atoms with E-state index < -0.39 is 0 Å². The summed E-state index contributed by atoms with van der Waals surface area (Å²) >= 11 is 0.